The fraction of sp³-hybridized carbons (Fsp3) is 0.125. The van der Waals surface area contributed by atoms with Gasteiger partial charge in [-0.15, -0.1) is 0 Å². The molecule has 2 N–H and O–H groups in total. The number of aliphatic imine (C=N–C) groups is 1. The van der Waals surface area contributed by atoms with Crippen molar-refractivity contribution in [3.05, 3.63) is 59.2 Å². The number of nitrogens with zero attached hydrogens (tertiary/aromatic N) is 1. The molecule has 1 amide bonds. The minimum Gasteiger partial charge on any atom is -0.443 e. The van der Waals surface area contributed by atoms with E-state index in [1.165, 1.54) is 19.2 Å². The Labute approximate surface area is 134 Å². The van der Waals surface area contributed by atoms with Gasteiger partial charge < -0.3 is 10.5 Å². The molecule has 0 saturated carbocycles. The summed E-state index contributed by atoms with van der Waals surface area (Å²) in [7, 11) is 1.40. The van der Waals surface area contributed by atoms with Crippen LogP contribution in [0.5, 0.6) is 0 Å². The number of hydrogen-bond donors (Lipinski definition) is 1. The van der Waals surface area contributed by atoms with Crippen molar-refractivity contribution in [1.29, 1.82) is 0 Å². The molecule has 0 aliphatic rings. The van der Waals surface area contributed by atoms with Gasteiger partial charge in [0.2, 0.25) is 0 Å². The number of primary amides is 1. The lowest BCUT2D eigenvalue weighted by atomic mass is 10.0. The van der Waals surface area contributed by atoms with E-state index in [4.69, 9.17) is 5.73 Å². The first-order chi connectivity index (χ1) is 11.3. The topological polar surface area (TPSA) is 64.7 Å². The van der Waals surface area contributed by atoms with Gasteiger partial charge in [-0.25, -0.2) is 22.4 Å². The van der Waals surface area contributed by atoms with Gasteiger partial charge in [0.15, 0.2) is 17.5 Å². The van der Waals surface area contributed by atoms with Crippen molar-refractivity contribution in [3.8, 4) is 11.1 Å². The van der Waals surface area contributed by atoms with E-state index in [1.807, 2.05) is 0 Å². The molecule has 0 heterocycles. The van der Waals surface area contributed by atoms with E-state index in [-0.39, 0.29) is 23.4 Å². The zero-order chi connectivity index (χ0) is 17.9. The molecule has 24 heavy (non-hydrogen) atoms. The molecule has 0 saturated heterocycles. The second-order valence-electron chi connectivity index (χ2n) is 4.70. The van der Waals surface area contributed by atoms with Gasteiger partial charge in [0.1, 0.15) is 12.4 Å². The van der Waals surface area contributed by atoms with Gasteiger partial charge >= 0.3 is 6.09 Å². The van der Waals surface area contributed by atoms with Crippen LogP contribution >= 0.6 is 0 Å². The number of benzene rings is 2. The third kappa shape index (κ3) is 3.53. The van der Waals surface area contributed by atoms with Crippen LogP contribution < -0.4 is 5.73 Å². The number of rotatable bonds is 4. The maximum absolute atomic E-state index is 14.3. The molecule has 4 nitrogen and oxygen atoms in total. The second kappa shape index (κ2) is 7.12. The summed E-state index contributed by atoms with van der Waals surface area (Å²) >= 11 is 0. The van der Waals surface area contributed by atoms with Crippen LogP contribution in [0.2, 0.25) is 0 Å². The lowest BCUT2D eigenvalue weighted by Gasteiger charge is -2.10. The molecule has 0 aromatic heterocycles. The van der Waals surface area contributed by atoms with E-state index < -0.39 is 34.9 Å². The number of carbonyl (C=O) groups is 1. The monoisotopic (exact) mass is 340 g/mol. The summed E-state index contributed by atoms with van der Waals surface area (Å²) in [5.41, 5.74) is 4.68. The second-order valence-corrected chi connectivity index (χ2v) is 4.70. The quantitative estimate of drug-likeness (QED) is 0.526. The summed E-state index contributed by atoms with van der Waals surface area (Å²) in [6, 6.07) is 5.24. The van der Waals surface area contributed by atoms with E-state index in [0.29, 0.717) is 6.07 Å². The van der Waals surface area contributed by atoms with Gasteiger partial charge in [-0.2, -0.15) is 0 Å². The number of nitrogens with two attached hydrogens (primary N) is 1. The summed E-state index contributed by atoms with van der Waals surface area (Å²) in [6.07, 6.45) is -1.02. The Bertz CT molecular complexity index is 822. The zero-order valence-corrected chi connectivity index (χ0v) is 12.4. The van der Waals surface area contributed by atoms with Gasteiger partial charge in [0.25, 0.3) is 0 Å². The maximum atomic E-state index is 14.3. The fourth-order valence-corrected chi connectivity index (χ4v) is 2.06. The average Bonchev–Trinajstić information content (AvgIpc) is 2.54. The number of amides is 1. The number of carbonyl (C=O) groups excluding carboxylic acids is 1. The number of ether oxygens (including phenoxy) is 1. The molecule has 126 valence electrons. The van der Waals surface area contributed by atoms with Gasteiger partial charge in [-0.05, 0) is 18.2 Å². The first-order valence-corrected chi connectivity index (χ1v) is 6.66. The Hall–Kier alpha value is -2.90. The summed E-state index contributed by atoms with van der Waals surface area (Å²) in [5, 5.41) is 0. The summed E-state index contributed by atoms with van der Waals surface area (Å²) < 4.78 is 58.9. The molecule has 0 radical (unpaired) electrons. The van der Waals surface area contributed by atoms with E-state index in [2.05, 4.69) is 9.73 Å². The predicted octanol–water partition coefficient (Wildman–Crippen LogP) is 3.42. The first kappa shape index (κ1) is 17.5. The van der Waals surface area contributed by atoms with Gasteiger partial charge in [-0.3, -0.25) is 4.99 Å². The molecule has 0 aliphatic heterocycles. The van der Waals surface area contributed by atoms with Crippen molar-refractivity contribution >= 4 is 11.8 Å². The number of halogens is 4. The summed E-state index contributed by atoms with van der Waals surface area (Å²) in [6.45, 7) is -0.274. The van der Waals surface area contributed by atoms with Gasteiger partial charge in [0, 0.05) is 23.7 Å². The standard InChI is InChI=1S/C16H12F4N2O2/c1-22-13(7-24-16(21)23)8-2-3-9(12(18)6-8)10-4-5-11(17)15(20)14(10)19/h2-6H,7H2,1H3,(H2,21,23)/b22-13+. The lowest BCUT2D eigenvalue weighted by Crippen LogP contribution is -2.19. The molecular formula is C16H12F4N2O2. The SMILES string of the molecule is C/N=C(\COC(N)=O)c1ccc(-c2ccc(F)c(F)c2F)c(F)c1. The number of hydrogen-bond acceptors (Lipinski definition) is 3. The Balaban J connectivity index is 2.40. The van der Waals surface area contributed by atoms with Crippen LogP contribution in [0.3, 0.4) is 0 Å². The molecule has 0 aliphatic carbocycles. The molecule has 0 atom stereocenters. The Morgan fingerprint density at radius 1 is 1.04 bits per heavy atom. The molecule has 8 heteroatoms. The fourth-order valence-electron chi connectivity index (χ4n) is 2.06. The van der Waals surface area contributed by atoms with Crippen LogP contribution in [0, 0.1) is 23.3 Å². The van der Waals surface area contributed by atoms with Crippen LogP contribution in [0.15, 0.2) is 35.3 Å². The van der Waals surface area contributed by atoms with Crippen molar-refractivity contribution < 1.29 is 27.1 Å². The van der Waals surface area contributed by atoms with E-state index in [1.54, 1.807) is 0 Å². The minimum atomic E-state index is -1.68. The highest BCUT2D eigenvalue weighted by atomic mass is 19.2. The molecule has 0 bridgehead atoms. The Kier molecular flexibility index (Phi) is 5.18. The average molecular weight is 340 g/mol. The smallest absolute Gasteiger partial charge is 0.404 e. The van der Waals surface area contributed by atoms with Crippen LogP contribution in [0.4, 0.5) is 22.4 Å². The normalized spacial score (nSPS) is 11.5. The van der Waals surface area contributed by atoms with E-state index in [0.717, 1.165) is 12.1 Å². The summed E-state index contributed by atoms with van der Waals surface area (Å²) in [4.78, 5) is 14.5. The molecule has 0 fully saturated rings. The highest BCUT2D eigenvalue weighted by Gasteiger charge is 2.18. The van der Waals surface area contributed by atoms with E-state index in [9.17, 15) is 22.4 Å². The van der Waals surface area contributed by atoms with Crippen molar-refractivity contribution in [2.24, 2.45) is 10.7 Å². The van der Waals surface area contributed by atoms with Crippen molar-refractivity contribution in [2.75, 3.05) is 13.7 Å². The first-order valence-electron chi connectivity index (χ1n) is 6.66. The minimum absolute atomic E-state index is 0.227. The molecular weight excluding hydrogens is 328 g/mol. The largest absolute Gasteiger partial charge is 0.443 e. The van der Waals surface area contributed by atoms with Crippen LogP contribution in [0.25, 0.3) is 11.1 Å². The molecule has 0 spiro atoms. The molecule has 0 unspecified atom stereocenters. The van der Waals surface area contributed by atoms with Gasteiger partial charge in [0.05, 0.1) is 5.71 Å². The van der Waals surface area contributed by atoms with E-state index >= 15 is 0 Å². The zero-order valence-electron chi connectivity index (χ0n) is 12.4. The van der Waals surface area contributed by atoms with Crippen LogP contribution in [-0.4, -0.2) is 25.5 Å². The molecule has 2 aromatic rings. The highest BCUT2D eigenvalue weighted by Crippen LogP contribution is 2.28. The van der Waals surface area contributed by atoms with Crippen LogP contribution in [0.1, 0.15) is 5.56 Å². The molecule has 2 rings (SSSR count). The van der Waals surface area contributed by atoms with Gasteiger partial charge in [-0.1, -0.05) is 12.1 Å². The third-order valence-corrected chi connectivity index (χ3v) is 3.25. The predicted molar refractivity (Wildman–Crippen MR) is 79.7 cm³/mol. The Morgan fingerprint density at radius 3 is 2.29 bits per heavy atom. The maximum Gasteiger partial charge on any atom is 0.404 e. The van der Waals surface area contributed by atoms with Crippen molar-refractivity contribution in [3.63, 3.8) is 0 Å². The van der Waals surface area contributed by atoms with Crippen molar-refractivity contribution in [1.82, 2.24) is 0 Å². The van der Waals surface area contributed by atoms with Crippen molar-refractivity contribution in [2.45, 2.75) is 0 Å². The summed E-state index contributed by atoms with van der Waals surface area (Å²) in [5.74, 6) is -5.40. The highest BCUT2D eigenvalue weighted by molar-refractivity contribution is 6.02. The lowest BCUT2D eigenvalue weighted by molar-refractivity contribution is 0.173. The van der Waals surface area contributed by atoms with Crippen LogP contribution in [-0.2, 0) is 4.74 Å². The molecule has 2 aromatic carbocycles. The Morgan fingerprint density at radius 2 is 1.71 bits per heavy atom. The third-order valence-electron chi connectivity index (χ3n) is 3.25.